The summed E-state index contributed by atoms with van der Waals surface area (Å²) in [5.41, 5.74) is -0.166. The highest BCUT2D eigenvalue weighted by molar-refractivity contribution is 5.91. The first-order chi connectivity index (χ1) is 7.13. The summed E-state index contributed by atoms with van der Waals surface area (Å²) in [4.78, 5) is 14.0. The van der Waals surface area contributed by atoms with Gasteiger partial charge in [0.25, 0.3) is 0 Å². The van der Waals surface area contributed by atoms with E-state index in [9.17, 15) is 13.6 Å². The zero-order chi connectivity index (χ0) is 11.3. The molecule has 0 saturated heterocycles. The van der Waals surface area contributed by atoms with Gasteiger partial charge in [0.05, 0.1) is 5.69 Å². The van der Waals surface area contributed by atoms with Crippen LogP contribution in [0.15, 0.2) is 12.1 Å². The molecule has 0 aromatic carbocycles. The van der Waals surface area contributed by atoms with Crippen molar-refractivity contribution in [2.24, 2.45) is 0 Å². The summed E-state index contributed by atoms with van der Waals surface area (Å²) in [7, 11) is 0. The Morgan fingerprint density at radius 1 is 1.53 bits per heavy atom. The number of nitrogens with one attached hydrogen (secondary N) is 1. The minimum atomic E-state index is -1.06. The number of halogens is 2. The molecule has 0 bridgehead atoms. The van der Waals surface area contributed by atoms with Crippen molar-refractivity contribution in [1.29, 1.82) is 0 Å². The van der Waals surface area contributed by atoms with E-state index in [-0.39, 0.29) is 12.3 Å². The Morgan fingerprint density at radius 3 is 2.87 bits per heavy atom. The zero-order valence-electron chi connectivity index (χ0n) is 8.09. The Hall–Kier alpha value is -1.56. The molecule has 4 nitrogen and oxygen atoms in total. The average Bonchev–Trinajstić information content (AvgIpc) is 2.19. The van der Waals surface area contributed by atoms with Crippen LogP contribution in [0.2, 0.25) is 0 Å². The summed E-state index contributed by atoms with van der Waals surface area (Å²) in [5.74, 6) is -2.50. The molecule has 15 heavy (non-hydrogen) atoms. The maximum Gasteiger partial charge on any atom is 0.250 e. The third-order valence-electron chi connectivity index (χ3n) is 1.53. The molecular formula is C9H10F2N2O2. The molecule has 1 aromatic heterocycles. The van der Waals surface area contributed by atoms with Crippen LogP contribution >= 0.6 is 0 Å². The number of carbonyl (C=O) groups is 1. The molecule has 1 amide bonds. The van der Waals surface area contributed by atoms with Crippen molar-refractivity contribution >= 4 is 11.6 Å². The average molecular weight is 216 g/mol. The van der Waals surface area contributed by atoms with Gasteiger partial charge >= 0.3 is 0 Å². The first kappa shape index (κ1) is 11.5. The predicted molar refractivity (Wildman–Crippen MR) is 49.3 cm³/mol. The van der Waals surface area contributed by atoms with Gasteiger partial charge in [0.2, 0.25) is 17.8 Å². The number of amides is 1. The lowest BCUT2D eigenvalue weighted by Gasteiger charge is -2.05. The van der Waals surface area contributed by atoms with E-state index in [0.29, 0.717) is 6.61 Å². The summed E-state index contributed by atoms with van der Waals surface area (Å²) in [5, 5.41) is 2.20. The van der Waals surface area contributed by atoms with Crippen LogP contribution in [-0.4, -0.2) is 24.1 Å². The number of ether oxygens (including phenoxy) is 1. The van der Waals surface area contributed by atoms with E-state index < -0.39 is 17.8 Å². The molecule has 0 unspecified atom stereocenters. The van der Waals surface area contributed by atoms with Gasteiger partial charge < -0.3 is 10.1 Å². The van der Waals surface area contributed by atoms with Crippen molar-refractivity contribution in [1.82, 2.24) is 4.98 Å². The molecule has 0 aliphatic heterocycles. The highest BCUT2D eigenvalue weighted by atomic mass is 19.1. The van der Waals surface area contributed by atoms with E-state index in [2.05, 4.69) is 10.3 Å². The minimum absolute atomic E-state index is 0.166. The lowest BCUT2D eigenvalue weighted by Crippen LogP contribution is -2.19. The maximum atomic E-state index is 12.9. The number of hydrogen-bond acceptors (Lipinski definition) is 3. The van der Waals surface area contributed by atoms with E-state index in [1.165, 1.54) is 0 Å². The third-order valence-corrected chi connectivity index (χ3v) is 1.53. The fourth-order valence-corrected chi connectivity index (χ4v) is 0.886. The van der Waals surface area contributed by atoms with Gasteiger partial charge in [-0.15, -0.1) is 0 Å². The minimum Gasteiger partial charge on any atom is -0.372 e. The van der Waals surface area contributed by atoms with Crippen LogP contribution in [0.5, 0.6) is 0 Å². The van der Waals surface area contributed by atoms with E-state index in [0.717, 1.165) is 12.1 Å². The Labute approximate surface area is 85.3 Å². The van der Waals surface area contributed by atoms with Crippen molar-refractivity contribution in [3.8, 4) is 0 Å². The molecule has 0 aliphatic carbocycles. The molecule has 1 N–H and O–H groups in total. The number of aromatic nitrogens is 1. The van der Waals surface area contributed by atoms with Gasteiger partial charge in [-0.3, -0.25) is 4.79 Å². The molecule has 82 valence electrons. The SMILES string of the molecule is CCOCC(=O)Nc1ccc(F)nc1F. The highest BCUT2D eigenvalue weighted by Gasteiger charge is 2.08. The van der Waals surface area contributed by atoms with Crippen LogP contribution in [0, 0.1) is 11.9 Å². The standard InChI is InChI=1S/C9H10F2N2O2/c1-2-15-5-8(14)12-6-3-4-7(10)13-9(6)11/h3-4H,2,5H2,1H3,(H,12,14). The molecule has 0 spiro atoms. The number of rotatable bonds is 4. The van der Waals surface area contributed by atoms with Crippen LogP contribution in [-0.2, 0) is 9.53 Å². The van der Waals surface area contributed by atoms with Crippen molar-refractivity contribution in [3.05, 3.63) is 24.0 Å². The van der Waals surface area contributed by atoms with Gasteiger partial charge in [0, 0.05) is 6.61 Å². The summed E-state index contributed by atoms with van der Waals surface area (Å²) in [6.07, 6.45) is 0. The van der Waals surface area contributed by atoms with Gasteiger partial charge in [-0.1, -0.05) is 0 Å². The Kier molecular flexibility index (Phi) is 4.11. The lowest BCUT2D eigenvalue weighted by atomic mass is 10.4. The Bertz CT molecular complexity index is 358. The van der Waals surface area contributed by atoms with Gasteiger partial charge in [0.15, 0.2) is 0 Å². The van der Waals surface area contributed by atoms with E-state index in [1.54, 1.807) is 6.92 Å². The second-order valence-corrected chi connectivity index (χ2v) is 2.66. The molecule has 0 aliphatic rings. The lowest BCUT2D eigenvalue weighted by molar-refractivity contribution is -0.120. The summed E-state index contributed by atoms with van der Waals surface area (Å²) >= 11 is 0. The van der Waals surface area contributed by atoms with Crippen molar-refractivity contribution in [2.75, 3.05) is 18.5 Å². The van der Waals surface area contributed by atoms with Crippen molar-refractivity contribution in [3.63, 3.8) is 0 Å². The second-order valence-electron chi connectivity index (χ2n) is 2.66. The van der Waals surface area contributed by atoms with Gasteiger partial charge in [-0.2, -0.15) is 13.8 Å². The summed E-state index contributed by atoms with van der Waals surface area (Å²) in [6.45, 7) is 1.94. The normalized spacial score (nSPS) is 10.1. The predicted octanol–water partition coefficient (Wildman–Crippen LogP) is 1.33. The third kappa shape index (κ3) is 3.59. The Morgan fingerprint density at radius 2 is 2.27 bits per heavy atom. The fourth-order valence-electron chi connectivity index (χ4n) is 0.886. The monoisotopic (exact) mass is 216 g/mol. The van der Waals surface area contributed by atoms with Crippen molar-refractivity contribution < 1.29 is 18.3 Å². The number of anilines is 1. The first-order valence-electron chi connectivity index (χ1n) is 4.33. The van der Waals surface area contributed by atoms with Crippen LogP contribution in [0.25, 0.3) is 0 Å². The molecule has 1 heterocycles. The first-order valence-corrected chi connectivity index (χ1v) is 4.33. The summed E-state index contributed by atoms with van der Waals surface area (Å²) in [6, 6.07) is 2.06. The molecule has 6 heteroatoms. The fraction of sp³-hybridized carbons (Fsp3) is 0.333. The highest BCUT2D eigenvalue weighted by Crippen LogP contribution is 2.11. The second kappa shape index (κ2) is 5.35. The van der Waals surface area contributed by atoms with Crippen LogP contribution < -0.4 is 5.32 Å². The van der Waals surface area contributed by atoms with E-state index in [1.807, 2.05) is 0 Å². The van der Waals surface area contributed by atoms with Crippen LogP contribution in [0.3, 0.4) is 0 Å². The van der Waals surface area contributed by atoms with E-state index >= 15 is 0 Å². The number of pyridine rings is 1. The molecule has 1 rings (SSSR count). The molecule has 0 radical (unpaired) electrons. The zero-order valence-corrected chi connectivity index (χ0v) is 8.09. The molecule has 1 aromatic rings. The molecule has 0 saturated carbocycles. The van der Waals surface area contributed by atoms with Gasteiger partial charge in [-0.25, -0.2) is 0 Å². The maximum absolute atomic E-state index is 12.9. The number of nitrogens with zero attached hydrogens (tertiary/aromatic N) is 1. The number of carbonyl (C=O) groups excluding carboxylic acids is 1. The molecule has 0 atom stereocenters. The Balaban J connectivity index is 2.60. The molecular weight excluding hydrogens is 206 g/mol. The van der Waals surface area contributed by atoms with Crippen molar-refractivity contribution in [2.45, 2.75) is 6.92 Å². The smallest absolute Gasteiger partial charge is 0.250 e. The number of hydrogen-bond donors (Lipinski definition) is 1. The molecule has 0 fully saturated rings. The van der Waals surface area contributed by atoms with Gasteiger partial charge in [-0.05, 0) is 19.1 Å². The largest absolute Gasteiger partial charge is 0.372 e. The topological polar surface area (TPSA) is 51.2 Å². The van der Waals surface area contributed by atoms with E-state index in [4.69, 9.17) is 4.74 Å². The summed E-state index contributed by atoms with van der Waals surface area (Å²) < 4.78 is 30.1. The van der Waals surface area contributed by atoms with Gasteiger partial charge in [0.1, 0.15) is 6.61 Å². The van der Waals surface area contributed by atoms with Crippen LogP contribution in [0.1, 0.15) is 6.92 Å². The van der Waals surface area contributed by atoms with Crippen LogP contribution in [0.4, 0.5) is 14.5 Å². The quantitative estimate of drug-likeness (QED) is 0.772.